The van der Waals surface area contributed by atoms with E-state index < -0.39 is 0 Å². The van der Waals surface area contributed by atoms with Gasteiger partial charge in [-0.25, -0.2) is 0 Å². The molecule has 2 heterocycles. The average Bonchev–Trinajstić information content (AvgIpc) is 2.90. The van der Waals surface area contributed by atoms with Crippen molar-refractivity contribution in [1.29, 1.82) is 0 Å². The van der Waals surface area contributed by atoms with Crippen LogP contribution in [0.1, 0.15) is 26.2 Å². The fourth-order valence-corrected chi connectivity index (χ4v) is 2.22. The van der Waals surface area contributed by atoms with Gasteiger partial charge in [0.1, 0.15) is 0 Å². The molecular weight excluding hydrogens is 230 g/mol. The number of aromatic nitrogens is 3. The van der Waals surface area contributed by atoms with Gasteiger partial charge in [-0.15, -0.1) is 5.10 Å². The Balaban J connectivity index is 1.77. The van der Waals surface area contributed by atoms with E-state index in [0.29, 0.717) is 13.0 Å². The summed E-state index contributed by atoms with van der Waals surface area (Å²) in [6.07, 6.45) is 5.93. The number of hydrogen-bond donors (Lipinski definition) is 1. The third-order valence-electron chi connectivity index (χ3n) is 3.85. The van der Waals surface area contributed by atoms with Gasteiger partial charge in [-0.1, -0.05) is 5.21 Å². The fraction of sp³-hybridized carbons (Fsp3) is 0.750. The second-order valence-corrected chi connectivity index (χ2v) is 5.11. The maximum atomic E-state index is 12.0. The lowest BCUT2D eigenvalue weighted by Gasteiger charge is -2.39. The van der Waals surface area contributed by atoms with Crippen molar-refractivity contribution in [2.45, 2.75) is 38.3 Å². The van der Waals surface area contributed by atoms with Gasteiger partial charge in [0, 0.05) is 31.2 Å². The molecule has 1 saturated heterocycles. The van der Waals surface area contributed by atoms with Crippen molar-refractivity contribution >= 4 is 5.91 Å². The Morgan fingerprint density at radius 3 is 2.72 bits per heavy atom. The van der Waals surface area contributed by atoms with Gasteiger partial charge in [-0.2, -0.15) is 0 Å². The number of likely N-dealkylation sites (tertiary alicyclic amines) is 1. The number of nitrogens with zero attached hydrogens (tertiary/aromatic N) is 4. The Bertz CT molecular complexity index is 381. The maximum Gasteiger partial charge on any atom is 0.224 e. The molecule has 0 bridgehead atoms. The Hall–Kier alpha value is -1.43. The molecule has 0 saturated carbocycles. The highest BCUT2D eigenvalue weighted by Gasteiger charge is 2.29. The molecule has 1 amide bonds. The van der Waals surface area contributed by atoms with Crippen molar-refractivity contribution in [1.82, 2.24) is 25.2 Å². The number of nitrogens with one attached hydrogen (secondary N) is 1. The number of hydrogen-bond acceptors (Lipinski definition) is 4. The standard InChI is InChI=1S/C12H21N5O/c1-12(13-2)4-8-16(9-5-12)11(18)3-7-17-10-6-14-15-17/h6,10,13H,3-5,7-9H2,1-2H3. The predicted octanol–water partition coefficient (Wildman–Crippen LogP) is 0.269. The maximum absolute atomic E-state index is 12.0. The molecule has 2 rings (SSSR count). The molecule has 0 unspecified atom stereocenters. The van der Waals surface area contributed by atoms with Crippen LogP contribution in [0.25, 0.3) is 0 Å². The fourth-order valence-electron chi connectivity index (χ4n) is 2.22. The second-order valence-electron chi connectivity index (χ2n) is 5.11. The molecule has 1 aliphatic heterocycles. The minimum atomic E-state index is 0.183. The van der Waals surface area contributed by atoms with Crippen LogP contribution >= 0.6 is 0 Å². The normalized spacial score (nSPS) is 18.9. The first-order chi connectivity index (χ1) is 8.63. The smallest absolute Gasteiger partial charge is 0.224 e. The van der Waals surface area contributed by atoms with Crippen LogP contribution in [-0.4, -0.2) is 51.5 Å². The lowest BCUT2D eigenvalue weighted by atomic mass is 9.90. The van der Waals surface area contributed by atoms with Crippen LogP contribution < -0.4 is 5.32 Å². The minimum Gasteiger partial charge on any atom is -0.343 e. The van der Waals surface area contributed by atoms with Crippen molar-refractivity contribution in [2.24, 2.45) is 0 Å². The first-order valence-electron chi connectivity index (χ1n) is 6.44. The minimum absolute atomic E-state index is 0.183. The Labute approximate surface area is 107 Å². The Morgan fingerprint density at radius 1 is 1.44 bits per heavy atom. The number of amides is 1. The largest absolute Gasteiger partial charge is 0.343 e. The summed E-state index contributed by atoms with van der Waals surface area (Å²) in [6, 6.07) is 0. The molecule has 0 radical (unpaired) electrons. The van der Waals surface area contributed by atoms with Crippen molar-refractivity contribution in [3.63, 3.8) is 0 Å². The molecule has 0 aliphatic carbocycles. The van der Waals surface area contributed by atoms with Crippen molar-refractivity contribution < 1.29 is 4.79 Å². The molecule has 6 heteroatoms. The van der Waals surface area contributed by atoms with Gasteiger partial charge >= 0.3 is 0 Å². The van der Waals surface area contributed by atoms with E-state index in [4.69, 9.17) is 0 Å². The molecule has 18 heavy (non-hydrogen) atoms. The summed E-state index contributed by atoms with van der Waals surface area (Å²) in [5.41, 5.74) is 0.183. The summed E-state index contributed by atoms with van der Waals surface area (Å²) in [5.74, 6) is 0.212. The number of rotatable bonds is 4. The lowest BCUT2D eigenvalue weighted by Crippen LogP contribution is -2.51. The van der Waals surface area contributed by atoms with E-state index in [0.717, 1.165) is 25.9 Å². The highest BCUT2D eigenvalue weighted by Crippen LogP contribution is 2.21. The summed E-state index contributed by atoms with van der Waals surface area (Å²) in [7, 11) is 1.99. The molecular formula is C12H21N5O. The Kier molecular flexibility index (Phi) is 3.96. The molecule has 0 aromatic carbocycles. The molecule has 1 fully saturated rings. The third-order valence-corrected chi connectivity index (χ3v) is 3.85. The zero-order valence-electron chi connectivity index (χ0n) is 11.1. The van der Waals surface area contributed by atoms with Crippen LogP contribution in [-0.2, 0) is 11.3 Å². The van der Waals surface area contributed by atoms with Gasteiger partial charge in [0.05, 0.1) is 12.7 Å². The zero-order valence-corrected chi connectivity index (χ0v) is 11.1. The van der Waals surface area contributed by atoms with Gasteiger partial charge in [0.15, 0.2) is 0 Å². The van der Waals surface area contributed by atoms with E-state index >= 15 is 0 Å². The summed E-state index contributed by atoms with van der Waals surface area (Å²) in [4.78, 5) is 14.0. The third kappa shape index (κ3) is 3.07. The van der Waals surface area contributed by atoms with E-state index in [1.807, 2.05) is 11.9 Å². The van der Waals surface area contributed by atoms with Gasteiger partial charge in [-0.3, -0.25) is 9.48 Å². The summed E-state index contributed by atoms with van der Waals surface area (Å²) < 4.78 is 1.69. The average molecular weight is 251 g/mol. The van der Waals surface area contributed by atoms with E-state index in [1.165, 1.54) is 0 Å². The summed E-state index contributed by atoms with van der Waals surface area (Å²) >= 11 is 0. The van der Waals surface area contributed by atoms with Gasteiger partial charge in [0.2, 0.25) is 5.91 Å². The molecule has 6 nitrogen and oxygen atoms in total. The second kappa shape index (κ2) is 5.48. The van der Waals surface area contributed by atoms with Gasteiger partial charge in [0.25, 0.3) is 0 Å². The quantitative estimate of drug-likeness (QED) is 0.834. The number of piperidine rings is 1. The molecule has 1 aromatic rings. The van der Waals surface area contributed by atoms with E-state index in [1.54, 1.807) is 17.1 Å². The highest BCUT2D eigenvalue weighted by atomic mass is 16.2. The summed E-state index contributed by atoms with van der Waals surface area (Å²) in [6.45, 7) is 4.50. The van der Waals surface area contributed by atoms with Crippen LogP contribution in [0.2, 0.25) is 0 Å². The first-order valence-corrected chi connectivity index (χ1v) is 6.44. The molecule has 0 spiro atoms. The van der Waals surface area contributed by atoms with Crippen molar-refractivity contribution in [3.05, 3.63) is 12.4 Å². The van der Waals surface area contributed by atoms with Crippen LogP contribution in [0.3, 0.4) is 0 Å². The summed E-state index contributed by atoms with van der Waals surface area (Å²) in [5, 5.41) is 10.9. The van der Waals surface area contributed by atoms with Gasteiger partial charge in [-0.05, 0) is 26.8 Å². The number of carbonyl (C=O) groups excluding carboxylic acids is 1. The van der Waals surface area contributed by atoms with Crippen LogP contribution in [0.4, 0.5) is 0 Å². The lowest BCUT2D eigenvalue weighted by molar-refractivity contribution is -0.133. The van der Waals surface area contributed by atoms with E-state index in [9.17, 15) is 4.79 Å². The van der Waals surface area contributed by atoms with E-state index in [2.05, 4.69) is 22.6 Å². The molecule has 1 aromatic heterocycles. The SMILES string of the molecule is CNC1(C)CCN(C(=O)CCn2ccnn2)CC1. The molecule has 100 valence electrons. The first kappa shape index (κ1) is 13.0. The zero-order chi connectivity index (χ0) is 13.0. The van der Waals surface area contributed by atoms with Crippen molar-refractivity contribution in [3.8, 4) is 0 Å². The van der Waals surface area contributed by atoms with Crippen molar-refractivity contribution in [2.75, 3.05) is 20.1 Å². The van der Waals surface area contributed by atoms with Crippen LogP contribution in [0.5, 0.6) is 0 Å². The van der Waals surface area contributed by atoms with Crippen LogP contribution in [0.15, 0.2) is 12.4 Å². The molecule has 1 N–H and O–H groups in total. The highest BCUT2D eigenvalue weighted by molar-refractivity contribution is 5.76. The monoisotopic (exact) mass is 251 g/mol. The number of carbonyl (C=O) groups is 1. The molecule has 0 atom stereocenters. The topological polar surface area (TPSA) is 63.1 Å². The van der Waals surface area contributed by atoms with Crippen LogP contribution in [0, 0.1) is 0 Å². The molecule has 1 aliphatic rings. The van der Waals surface area contributed by atoms with Gasteiger partial charge < -0.3 is 10.2 Å². The number of aryl methyl sites for hydroxylation is 1. The predicted molar refractivity (Wildman–Crippen MR) is 67.9 cm³/mol. The van der Waals surface area contributed by atoms with E-state index in [-0.39, 0.29) is 11.4 Å². The Morgan fingerprint density at radius 2 is 2.17 bits per heavy atom.